The number of amides is 2. The molecule has 5 rings (SSSR count). The number of likely N-dealkylation sites (tertiary alicyclic amines) is 1. The van der Waals surface area contributed by atoms with E-state index in [0.29, 0.717) is 13.0 Å². The van der Waals surface area contributed by atoms with Crippen LogP contribution in [0.1, 0.15) is 63.0 Å². The van der Waals surface area contributed by atoms with Crippen LogP contribution in [0.3, 0.4) is 0 Å². The second kappa shape index (κ2) is 14.0. The van der Waals surface area contributed by atoms with Crippen LogP contribution in [-0.2, 0) is 22.4 Å². The van der Waals surface area contributed by atoms with Crippen LogP contribution in [0.5, 0.6) is 0 Å². The van der Waals surface area contributed by atoms with Gasteiger partial charge in [0.15, 0.2) is 0 Å². The second-order valence-corrected chi connectivity index (χ2v) is 11.8. The molecule has 1 atom stereocenters. The minimum atomic E-state index is -0.701. The lowest BCUT2D eigenvalue weighted by Gasteiger charge is -2.51. The van der Waals surface area contributed by atoms with Crippen LogP contribution >= 0.6 is 0 Å². The van der Waals surface area contributed by atoms with Gasteiger partial charge >= 0.3 is 0 Å². The Labute approximate surface area is 245 Å². The summed E-state index contributed by atoms with van der Waals surface area (Å²) in [6.07, 6.45) is 8.89. The molecule has 2 heterocycles. The SMILES string of the molecule is CCCN1C(=O)[C@H](Cc2ccc(-c3ccccc3)cc2)NC(=O)C12CCN(CCCCCCc1ccccc1)CC2. The highest BCUT2D eigenvalue weighted by Crippen LogP contribution is 2.34. The number of unbranched alkanes of at least 4 members (excludes halogenated alkanes) is 3. The van der Waals surface area contributed by atoms with Crippen LogP contribution in [0.15, 0.2) is 84.9 Å². The Morgan fingerprint density at radius 2 is 1.37 bits per heavy atom. The lowest BCUT2D eigenvalue weighted by molar-refractivity contribution is -0.161. The monoisotopic (exact) mass is 551 g/mol. The molecule has 41 heavy (non-hydrogen) atoms. The molecule has 0 unspecified atom stereocenters. The average Bonchev–Trinajstić information content (AvgIpc) is 3.02. The summed E-state index contributed by atoms with van der Waals surface area (Å²) in [6.45, 7) is 5.55. The van der Waals surface area contributed by atoms with Crippen molar-refractivity contribution in [3.8, 4) is 11.1 Å². The molecule has 216 valence electrons. The van der Waals surface area contributed by atoms with E-state index >= 15 is 0 Å². The summed E-state index contributed by atoms with van der Waals surface area (Å²) in [4.78, 5) is 31.9. The first-order valence-corrected chi connectivity index (χ1v) is 15.6. The van der Waals surface area contributed by atoms with Crippen molar-refractivity contribution in [3.05, 3.63) is 96.1 Å². The van der Waals surface area contributed by atoms with Gasteiger partial charge in [-0.25, -0.2) is 0 Å². The third-order valence-electron chi connectivity index (χ3n) is 8.97. The summed E-state index contributed by atoms with van der Waals surface area (Å²) >= 11 is 0. The number of carbonyl (C=O) groups is 2. The number of aryl methyl sites for hydroxylation is 1. The van der Waals surface area contributed by atoms with Crippen molar-refractivity contribution in [1.82, 2.24) is 15.1 Å². The van der Waals surface area contributed by atoms with Crippen molar-refractivity contribution >= 4 is 11.8 Å². The van der Waals surface area contributed by atoms with Gasteiger partial charge in [0.05, 0.1) is 0 Å². The summed E-state index contributed by atoms with van der Waals surface area (Å²) in [7, 11) is 0. The summed E-state index contributed by atoms with van der Waals surface area (Å²) in [5.41, 5.74) is 4.11. The maximum atomic E-state index is 13.8. The predicted molar refractivity (Wildman–Crippen MR) is 167 cm³/mol. The molecule has 0 aromatic heterocycles. The maximum absolute atomic E-state index is 13.8. The molecular weight excluding hydrogens is 506 g/mol. The first kappa shape index (κ1) is 29.1. The Morgan fingerprint density at radius 3 is 2.05 bits per heavy atom. The van der Waals surface area contributed by atoms with Crippen LogP contribution < -0.4 is 5.32 Å². The molecule has 5 nitrogen and oxygen atoms in total. The summed E-state index contributed by atoms with van der Waals surface area (Å²) in [5, 5.41) is 3.16. The predicted octanol–water partition coefficient (Wildman–Crippen LogP) is 6.27. The zero-order valence-corrected chi connectivity index (χ0v) is 24.6. The fourth-order valence-corrected chi connectivity index (χ4v) is 6.57. The van der Waals surface area contributed by atoms with Crippen molar-refractivity contribution in [3.63, 3.8) is 0 Å². The minimum Gasteiger partial charge on any atom is -0.342 e. The normalized spacial score (nSPS) is 19.0. The van der Waals surface area contributed by atoms with Gasteiger partial charge in [0.25, 0.3) is 0 Å². The lowest BCUT2D eigenvalue weighted by Crippen LogP contribution is -2.73. The molecular formula is C36H45N3O2. The standard InChI is InChI=1S/C36H45N3O2/c1-2-24-39-34(40)33(28-30-18-20-32(21-19-30)31-16-10-6-11-17-31)37-35(41)36(39)22-26-38(27-23-36)25-12-4-3-7-13-29-14-8-5-9-15-29/h5-6,8-11,14-21,33H,2-4,7,12-13,22-28H2,1H3,(H,37,41)/t33-/m0/s1. The Balaban J connectivity index is 1.12. The van der Waals surface area contributed by atoms with E-state index in [4.69, 9.17) is 0 Å². The molecule has 3 aromatic carbocycles. The van der Waals surface area contributed by atoms with Crippen molar-refractivity contribution < 1.29 is 9.59 Å². The first-order chi connectivity index (χ1) is 20.1. The van der Waals surface area contributed by atoms with E-state index in [1.807, 2.05) is 23.1 Å². The molecule has 5 heteroatoms. The van der Waals surface area contributed by atoms with Crippen LogP contribution in [0, 0.1) is 0 Å². The topological polar surface area (TPSA) is 52.7 Å². The highest BCUT2D eigenvalue weighted by Gasteiger charge is 2.53. The Hall–Kier alpha value is -3.44. The quantitative estimate of drug-likeness (QED) is 0.270. The Kier molecular flexibility index (Phi) is 9.89. The van der Waals surface area contributed by atoms with Gasteiger partial charge in [-0.15, -0.1) is 0 Å². The van der Waals surface area contributed by atoms with Crippen LogP contribution in [0.25, 0.3) is 11.1 Å². The summed E-state index contributed by atoms with van der Waals surface area (Å²) in [6, 6.07) is 28.9. The second-order valence-electron chi connectivity index (χ2n) is 11.8. The molecule has 2 saturated heterocycles. The fraction of sp³-hybridized carbons (Fsp3) is 0.444. The molecule has 1 N–H and O–H groups in total. The fourth-order valence-electron chi connectivity index (χ4n) is 6.57. The van der Waals surface area contributed by atoms with E-state index in [-0.39, 0.29) is 11.8 Å². The molecule has 0 bridgehead atoms. The number of nitrogens with zero attached hydrogens (tertiary/aromatic N) is 2. The van der Waals surface area contributed by atoms with Gasteiger partial charge in [-0.1, -0.05) is 105 Å². The van der Waals surface area contributed by atoms with Gasteiger partial charge in [-0.3, -0.25) is 9.59 Å². The van der Waals surface area contributed by atoms with Crippen molar-refractivity contribution in [1.29, 1.82) is 0 Å². The number of hydrogen-bond donors (Lipinski definition) is 1. The first-order valence-electron chi connectivity index (χ1n) is 15.6. The van der Waals surface area contributed by atoms with Crippen molar-refractivity contribution in [2.24, 2.45) is 0 Å². The number of rotatable bonds is 12. The number of benzene rings is 3. The van der Waals surface area contributed by atoms with Gasteiger partial charge in [-0.2, -0.15) is 0 Å². The smallest absolute Gasteiger partial charge is 0.246 e. The van der Waals surface area contributed by atoms with Crippen LogP contribution in [0.4, 0.5) is 0 Å². The number of hydrogen-bond acceptors (Lipinski definition) is 3. The van der Waals surface area contributed by atoms with E-state index < -0.39 is 11.6 Å². The zero-order valence-electron chi connectivity index (χ0n) is 24.6. The molecule has 2 amide bonds. The van der Waals surface area contributed by atoms with Crippen molar-refractivity contribution in [2.75, 3.05) is 26.2 Å². The van der Waals surface area contributed by atoms with Gasteiger partial charge in [-0.05, 0) is 67.3 Å². The van der Waals surface area contributed by atoms with E-state index in [0.717, 1.165) is 56.4 Å². The molecule has 0 radical (unpaired) electrons. The maximum Gasteiger partial charge on any atom is 0.246 e. The van der Waals surface area contributed by atoms with Crippen molar-refractivity contribution in [2.45, 2.75) is 76.3 Å². The Morgan fingerprint density at radius 1 is 0.732 bits per heavy atom. The highest BCUT2D eigenvalue weighted by molar-refractivity contribution is 6.00. The molecule has 0 saturated carbocycles. The molecule has 2 aliphatic rings. The van der Waals surface area contributed by atoms with E-state index in [2.05, 4.69) is 83.9 Å². The van der Waals surface area contributed by atoms with Crippen LogP contribution in [-0.4, -0.2) is 59.4 Å². The number of nitrogens with one attached hydrogen (secondary N) is 1. The largest absolute Gasteiger partial charge is 0.342 e. The van der Waals surface area contributed by atoms with Gasteiger partial charge < -0.3 is 15.1 Å². The third kappa shape index (κ3) is 7.08. The van der Waals surface area contributed by atoms with E-state index in [1.165, 1.54) is 36.8 Å². The molecule has 2 fully saturated rings. The number of carbonyl (C=O) groups excluding carboxylic acids is 2. The molecule has 0 aliphatic carbocycles. The molecule has 1 spiro atoms. The number of piperidine rings is 1. The molecule has 3 aromatic rings. The van der Waals surface area contributed by atoms with E-state index in [1.54, 1.807) is 0 Å². The van der Waals surface area contributed by atoms with Gasteiger partial charge in [0.2, 0.25) is 11.8 Å². The van der Waals surface area contributed by atoms with Crippen LogP contribution in [0.2, 0.25) is 0 Å². The number of piperazine rings is 1. The minimum absolute atomic E-state index is 0.0389. The molecule has 2 aliphatic heterocycles. The van der Waals surface area contributed by atoms with Gasteiger partial charge in [0.1, 0.15) is 11.6 Å². The highest BCUT2D eigenvalue weighted by atomic mass is 16.2. The third-order valence-corrected chi connectivity index (χ3v) is 8.97. The average molecular weight is 552 g/mol. The lowest BCUT2D eigenvalue weighted by atomic mass is 9.81. The van der Waals surface area contributed by atoms with Gasteiger partial charge in [0, 0.05) is 26.1 Å². The Bertz CT molecular complexity index is 1250. The summed E-state index contributed by atoms with van der Waals surface area (Å²) < 4.78 is 0. The zero-order chi connectivity index (χ0) is 28.5. The van der Waals surface area contributed by atoms with E-state index in [9.17, 15) is 9.59 Å². The summed E-state index contributed by atoms with van der Waals surface area (Å²) in [5.74, 6) is 0.113.